The molecule has 29 heavy (non-hydrogen) atoms. The van der Waals surface area contributed by atoms with Gasteiger partial charge in [0, 0.05) is 31.4 Å². The van der Waals surface area contributed by atoms with Gasteiger partial charge >= 0.3 is 0 Å². The van der Waals surface area contributed by atoms with Gasteiger partial charge < -0.3 is 20.7 Å². The van der Waals surface area contributed by atoms with Crippen molar-refractivity contribution in [1.29, 1.82) is 0 Å². The number of aromatic nitrogens is 2. The number of carbonyl (C=O) groups excluding carboxylic acids is 1. The predicted molar refractivity (Wildman–Crippen MR) is 112 cm³/mol. The van der Waals surface area contributed by atoms with Gasteiger partial charge in [0.05, 0.1) is 18.7 Å². The Balaban J connectivity index is 1.58. The van der Waals surface area contributed by atoms with Crippen LogP contribution in [0.5, 0.6) is 5.75 Å². The Bertz CT molecular complexity index is 1020. The van der Waals surface area contributed by atoms with E-state index in [4.69, 9.17) is 10.5 Å². The Kier molecular flexibility index (Phi) is 5.39. The van der Waals surface area contributed by atoms with Gasteiger partial charge in [-0.3, -0.25) is 4.79 Å². The molecule has 0 saturated carbocycles. The number of hydrogen-bond donors (Lipinski definition) is 2. The van der Waals surface area contributed by atoms with E-state index in [0.29, 0.717) is 11.3 Å². The quantitative estimate of drug-likeness (QED) is 0.648. The molecule has 7 heteroatoms. The minimum atomic E-state index is -0.228. The Labute approximate surface area is 169 Å². The van der Waals surface area contributed by atoms with Crippen LogP contribution in [0.1, 0.15) is 27.7 Å². The fraction of sp³-hybridized carbons (Fsp3) is 0.227. The molecule has 0 amide bonds. The SMILES string of the molecule is COc1ccccc1C1CN(c2cccc(C(=O)c3cccnc3N)n2)CCN1. The van der Waals surface area contributed by atoms with Crippen molar-refractivity contribution >= 4 is 17.4 Å². The molecule has 1 aliphatic rings. The summed E-state index contributed by atoms with van der Waals surface area (Å²) < 4.78 is 5.51. The number of nitrogens with one attached hydrogen (secondary N) is 1. The van der Waals surface area contributed by atoms with Crippen molar-refractivity contribution in [2.45, 2.75) is 6.04 Å². The van der Waals surface area contributed by atoms with Crippen LogP contribution in [0, 0.1) is 0 Å². The lowest BCUT2D eigenvalue weighted by molar-refractivity contribution is 0.103. The molecule has 1 unspecified atom stereocenters. The van der Waals surface area contributed by atoms with Gasteiger partial charge in [-0.2, -0.15) is 0 Å². The molecule has 1 fully saturated rings. The molecule has 148 valence electrons. The predicted octanol–water partition coefficient (Wildman–Crippen LogP) is 2.45. The van der Waals surface area contributed by atoms with Gasteiger partial charge in [-0.25, -0.2) is 9.97 Å². The van der Waals surface area contributed by atoms with E-state index in [0.717, 1.165) is 36.8 Å². The second kappa shape index (κ2) is 8.28. The van der Waals surface area contributed by atoms with E-state index in [-0.39, 0.29) is 17.6 Å². The molecule has 3 aromatic rings. The van der Waals surface area contributed by atoms with Gasteiger partial charge in [0.2, 0.25) is 5.78 Å². The molecule has 1 atom stereocenters. The summed E-state index contributed by atoms with van der Waals surface area (Å²) in [7, 11) is 1.68. The molecule has 1 aliphatic heterocycles. The summed E-state index contributed by atoms with van der Waals surface area (Å²) in [4.78, 5) is 23.6. The van der Waals surface area contributed by atoms with E-state index in [1.54, 1.807) is 31.5 Å². The number of rotatable bonds is 5. The number of hydrogen-bond acceptors (Lipinski definition) is 7. The first-order chi connectivity index (χ1) is 14.2. The third-order valence-corrected chi connectivity index (χ3v) is 5.06. The summed E-state index contributed by atoms with van der Waals surface area (Å²) in [5.41, 5.74) is 7.69. The van der Waals surface area contributed by atoms with Crippen molar-refractivity contribution in [1.82, 2.24) is 15.3 Å². The molecule has 0 aliphatic carbocycles. The third kappa shape index (κ3) is 3.90. The molecule has 0 radical (unpaired) electrons. The van der Waals surface area contributed by atoms with Crippen LogP contribution in [0.4, 0.5) is 11.6 Å². The number of anilines is 2. The van der Waals surface area contributed by atoms with Crippen molar-refractivity contribution in [3.05, 3.63) is 77.6 Å². The van der Waals surface area contributed by atoms with Gasteiger partial charge in [-0.15, -0.1) is 0 Å². The molecule has 2 aromatic heterocycles. The number of methoxy groups -OCH3 is 1. The highest BCUT2D eigenvalue weighted by molar-refractivity contribution is 6.10. The number of para-hydroxylation sites is 1. The van der Waals surface area contributed by atoms with Gasteiger partial charge in [0.25, 0.3) is 0 Å². The van der Waals surface area contributed by atoms with Crippen LogP contribution in [0.25, 0.3) is 0 Å². The lowest BCUT2D eigenvalue weighted by Gasteiger charge is -2.35. The molecular weight excluding hydrogens is 366 g/mol. The van der Waals surface area contributed by atoms with Crippen LogP contribution in [0.2, 0.25) is 0 Å². The second-order valence-corrected chi connectivity index (χ2v) is 6.84. The van der Waals surface area contributed by atoms with E-state index < -0.39 is 0 Å². The van der Waals surface area contributed by atoms with Crippen molar-refractivity contribution in [3.63, 3.8) is 0 Å². The van der Waals surface area contributed by atoms with E-state index in [1.165, 1.54) is 0 Å². The van der Waals surface area contributed by atoms with Gasteiger partial charge in [0.1, 0.15) is 23.1 Å². The minimum Gasteiger partial charge on any atom is -0.496 e. The van der Waals surface area contributed by atoms with Crippen LogP contribution in [0.15, 0.2) is 60.8 Å². The van der Waals surface area contributed by atoms with Crippen LogP contribution in [0.3, 0.4) is 0 Å². The van der Waals surface area contributed by atoms with Crippen LogP contribution in [-0.4, -0.2) is 42.5 Å². The molecule has 3 heterocycles. The first-order valence-corrected chi connectivity index (χ1v) is 9.51. The molecule has 1 aromatic carbocycles. The smallest absolute Gasteiger partial charge is 0.215 e. The van der Waals surface area contributed by atoms with Crippen molar-refractivity contribution < 1.29 is 9.53 Å². The highest BCUT2D eigenvalue weighted by atomic mass is 16.5. The average molecular weight is 389 g/mol. The van der Waals surface area contributed by atoms with Crippen molar-refractivity contribution in [2.24, 2.45) is 0 Å². The zero-order valence-electron chi connectivity index (χ0n) is 16.2. The zero-order valence-corrected chi connectivity index (χ0v) is 16.2. The monoisotopic (exact) mass is 389 g/mol. The van der Waals surface area contributed by atoms with Crippen LogP contribution >= 0.6 is 0 Å². The Hall–Kier alpha value is -3.45. The highest BCUT2D eigenvalue weighted by Gasteiger charge is 2.24. The normalized spacial score (nSPS) is 16.4. The topological polar surface area (TPSA) is 93.4 Å². The molecule has 0 spiro atoms. The number of ether oxygens (including phenoxy) is 1. The maximum Gasteiger partial charge on any atom is 0.215 e. The lowest BCUT2D eigenvalue weighted by atomic mass is 10.0. The first-order valence-electron chi connectivity index (χ1n) is 9.51. The minimum absolute atomic E-state index is 0.107. The Morgan fingerprint density at radius 2 is 2.03 bits per heavy atom. The number of piperazine rings is 1. The van der Waals surface area contributed by atoms with Gasteiger partial charge in [-0.05, 0) is 30.3 Å². The van der Waals surface area contributed by atoms with E-state index in [2.05, 4.69) is 26.3 Å². The average Bonchev–Trinajstić information content (AvgIpc) is 2.79. The van der Waals surface area contributed by atoms with Crippen LogP contribution in [-0.2, 0) is 0 Å². The van der Waals surface area contributed by atoms with E-state index in [9.17, 15) is 4.79 Å². The molecular formula is C22H23N5O2. The largest absolute Gasteiger partial charge is 0.496 e. The Morgan fingerprint density at radius 1 is 1.17 bits per heavy atom. The lowest BCUT2D eigenvalue weighted by Crippen LogP contribution is -2.46. The molecule has 1 saturated heterocycles. The van der Waals surface area contributed by atoms with Crippen LogP contribution < -0.4 is 20.7 Å². The second-order valence-electron chi connectivity index (χ2n) is 6.84. The number of benzene rings is 1. The fourth-order valence-electron chi connectivity index (χ4n) is 3.59. The summed E-state index contributed by atoms with van der Waals surface area (Å²) in [5, 5.41) is 3.54. The summed E-state index contributed by atoms with van der Waals surface area (Å²) in [5.74, 6) is 1.60. The maximum absolute atomic E-state index is 12.8. The number of pyridine rings is 2. The van der Waals surface area contributed by atoms with Gasteiger partial charge in [-0.1, -0.05) is 24.3 Å². The zero-order chi connectivity index (χ0) is 20.2. The number of nitrogens with zero attached hydrogens (tertiary/aromatic N) is 3. The summed E-state index contributed by atoms with van der Waals surface area (Å²) in [6.07, 6.45) is 1.56. The number of ketones is 1. The number of carbonyl (C=O) groups is 1. The van der Waals surface area contributed by atoms with E-state index >= 15 is 0 Å². The molecule has 7 nitrogen and oxygen atoms in total. The summed E-state index contributed by atoms with van der Waals surface area (Å²) >= 11 is 0. The fourth-order valence-corrected chi connectivity index (χ4v) is 3.59. The molecule has 4 rings (SSSR count). The third-order valence-electron chi connectivity index (χ3n) is 5.06. The summed E-state index contributed by atoms with van der Waals surface area (Å²) in [6.45, 7) is 2.32. The van der Waals surface area contributed by atoms with E-state index in [1.807, 2.05) is 30.3 Å². The molecule has 0 bridgehead atoms. The highest BCUT2D eigenvalue weighted by Crippen LogP contribution is 2.28. The standard InChI is InChI=1S/C22H23N5O2/c1-29-19-9-3-2-6-15(19)18-14-27(13-12-24-18)20-10-4-8-17(26-20)21(28)16-7-5-11-25-22(16)23/h2-11,18,24H,12-14H2,1H3,(H2,23,25). The molecule has 3 N–H and O–H groups in total. The summed E-state index contributed by atoms with van der Waals surface area (Å²) in [6, 6.07) is 17.0. The number of nitrogen functional groups attached to an aromatic ring is 1. The Morgan fingerprint density at radius 3 is 2.86 bits per heavy atom. The number of nitrogens with two attached hydrogens (primary N) is 1. The van der Waals surface area contributed by atoms with Crippen molar-refractivity contribution in [3.8, 4) is 5.75 Å². The van der Waals surface area contributed by atoms with Gasteiger partial charge in [0.15, 0.2) is 0 Å². The first kappa shape index (κ1) is 18.9. The van der Waals surface area contributed by atoms with Crippen molar-refractivity contribution in [2.75, 3.05) is 37.4 Å². The maximum atomic E-state index is 12.8.